The maximum Gasteiger partial charge on any atom is 0.490 e. The van der Waals surface area contributed by atoms with Crippen molar-refractivity contribution in [2.45, 2.75) is 57.7 Å². The van der Waals surface area contributed by atoms with Gasteiger partial charge in [-0.05, 0) is 55.9 Å². The number of benzene rings is 1. The summed E-state index contributed by atoms with van der Waals surface area (Å²) in [5.41, 5.74) is 8.23. The van der Waals surface area contributed by atoms with Gasteiger partial charge >= 0.3 is 24.3 Å². The van der Waals surface area contributed by atoms with E-state index in [-0.39, 0.29) is 17.8 Å². The van der Waals surface area contributed by atoms with Crippen LogP contribution in [-0.2, 0) is 22.7 Å². The van der Waals surface area contributed by atoms with E-state index in [4.69, 9.17) is 25.5 Å². The predicted molar refractivity (Wildman–Crippen MR) is 135 cm³/mol. The van der Waals surface area contributed by atoms with Crippen molar-refractivity contribution in [3.8, 4) is 0 Å². The highest BCUT2D eigenvalue weighted by Crippen LogP contribution is 2.22. The average Bonchev–Trinajstić information content (AvgIpc) is 3.52. The van der Waals surface area contributed by atoms with E-state index < -0.39 is 24.3 Å². The second kappa shape index (κ2) is 15.1. The Morgan fingerprint density at radius 2 is 1.53 bits per heavy atom. The van der Waals surface area contributed by atoms with Gasteiger partial charge in [-0.15, -0.1) is 5.10 Å². The molecule has 0 saturated carbocycles. The Morgan fingerprint density at radius 3 is 2.00 bits per heavy atom. The minimum absolute atomic E-state index is 0.00665. The number of piperidine rings is 1. The number of hydrogen-bond acceptors (Lipinski definition) is 7. The average molecular weight is 629 g/mol. The summed E-state index contributed by atoms with van der Waals surface area (Å²) in [6.45, 7) is 6.78. The van der Waals surface area contributed by atoms with Gasteiger partial charge in [0.1, 0.15) is 5.82 Å². The predicted octanol–water partition coefficient (Wildman–Crippen LogP) is 3.08. The lowest BCUT2D eigenvalue weighted by molar-refractivity contribution is -0.193. The molecule has 0 aliphatic carbocycles. The summed E-state index contributed by atoms with van der Waals surface area (Å²) in [5, 5.41) is 22.8. The third-order valence-corrected chi connectivity index (χ3v) is 6.53. The normalized spacial score (nSPS) is 17.9. The third-order valence-electron chi connectivity index (χ3n) is 6.53. The molecule has 0 spiro atoms. The van der Waals surface area contributed by atoms with Gasteiger partial charge in [0.05, 0.1) is 5.69 Å². The van der Waals surface area contributed by atoms with Gasteiger partial charge in [0.2, 0.25) is 0 Å². The Bertz CT molecular complexity index is 1220. The molecule has 11 nitrogen and oxygen atoms in total. The molecule has 1 aromatic heterocycles. The van der Waals surface area contributed by atoms with Crippen LogP contribution in [-0.4, -0.2) is 97.4 Å². The highest BCUT2D eigenvalue weighted by Gasteiger charge is 2.39. The Morgan fingerprint density at radius 1 is 0.977 bits per heavy atom. The molecule has 4 N–H and O–H groups in total. The molecule has 2 aliphatic rings. The molecule has 0 bridgehead atoms. The number of alkyl halides is 6. The van der Waals surface area contributed by atoms with E-state index in [1.54, 1.807) is 13.0 Å². The number of hydrogen-bond donors (Lipinski definition) is 3. The fourth-order valence-electron chi connectivity index (χ4n) is 4.36. The van der Waals surface area contributed by atoms with E-state index in [2.05, 4.69) is 15.2 Å². The molecule has 0 unspecified atom stereocenters. The number of carbonyl (C=O) groups is 3. The largest absolute Gasteiger partial charge is 0.490 e. The van der Waals surface area contributed by atoms with Crippen LogP contribution in [0.4, 0.5) is 30.7 Å². The fourth-order valence-corrected chi connectivity index (χ4v) is 4.36. The van der Waals surface area contributed by atoms with Crippen molar-refractivity contribution in [3.05, 3.63) is 47.0 Å². The Balaban J connectivity index is 0.000000384. The van der Waals surface area contributed by atoms with Crippen LogP contribution in [0.2, 0.25) is 0 Å². The van der Waals surface area contributed by atoms with E-state index >= 15 is 0 Å². The van der Waals surface area contributed by atoms with E-state index in [0.717, 1.165) is 51.1 Å². The molecule has 4 rings (SSSR count). The number of carboxylic acids is 2. The SMILES string of the molecule is Cc1cc(F)ccc1C(=O)N1CCC(Cn2cc(CN3CC[C@@H](N)C3)nn2)CC1.O=C(O)C(F)(F)F.O=C(O)C(F)(F)F. The molecular formula is C25H31F7N6O5. The molecule has 43 heavy (non-hydrogen) atoms. The lowest BCUT2D eigenvalue weighted by Gasteiger charge is -2.32. The summed E-state index contributed by atoms with van der Waals surface area (Å²) in [6, 6.07) is 4.63. The summed E-state index contributed by atoms with van der Waals surface area (Å²) in [7, 11) is 0. The molecule has 2 fully saturated rings. The highest BCUT2D eigenvalue weighted by molar-refractivity contribution is 5.95. The van der Waals surface area contributed by atoms with Gasteiger partial charge in [0, 0.05) is 57.1 Å². The van der Waals surface area contributed by atoms with Crippen LogP contribution in [0, 0.1) is 18.7 Å². The maximum absolute atomic E-state index is 13.3. The number of likely N-dealkylation sites (tertiary alicyclic amines) is 2. The number of halogens is 7. The quantitative estimate of drug-likeness (QED) is 0.424. The third kappa shape index (κ3) is 11.8. The summed E-state index contributed by atoms with van der Waals surface area (Å²) in [6.07, 6.45) is -5.23. The van der Waals surface area contributed by atoms with Crippen molar-refractivity contribution in [1.82, 2.24) is 24.8 Å². The summed E-state index contributed by atoms with van der Waals surface area (Å²) < 4.78 is 78.7. The first-order chi connectivity index (χ1) is 19.9. The van der Waals surface area contributed by atoms with E-state index in [1.807, 2.05) is 15.8 Å². The lowest BCUT2D eigenvalue weighted by Crippen LogP contribution is -2.39. The highest BCUT2D eigenvalue weighted by atomic mass is 19.4. The van der Waals surface area contributed by atoms with Crippen molar-refractivity contribution in [2.75, 3.05) is 26.2 Å². The van der Waals surface area contributed by atoms with Crippen molar-refractivity contribution < 1.29 is 55.3 Å². The van der Waals surface area contributed by atoms with Crippen LogP contribution in [0.5, 0.6) is 0 Å². The minimum Gasteiger partial charge on any atom is -0.475 e. The number of rotatable bonds is 5. The number of aryl methyl sites for hydroxylation is 1. The zero-order chi connectivity index (χ0) is 32.5. The summed E-state index contributed by atoms with van der Waals surface area (Å²) in [5.74, 6) is -5.35. The van der Waals surface area contributed by atoms with Crippen LogP contribution in [0.25, 0.3) is 0 Å². The molecule has 240 valence electrons. The standard InChI is InChI=1S/C21H29FN6O.2C2HF3O2/c1-15-10-17(22)2-3-20(15)21(29)27-8-4-16(5-9-27)11-28-14-19(24-25-28)13-26-7-6-18(23)12-26;2*3-2(4,5)1(6)7/h2-3,10,14,16,18H,4-9,11-13,23H2,1H3;2*(H,6,7)/t18-;;/m1../s1. The molecule has 1 amide bonds. The number of carboxylic acid groups (broad SMARTS) is 2. The molecule has 2 aromatic rings. The first-order valence-corrected chi connectivity index (χ1v) is 12.9. The number of amides is 1. The zero-order valence-corrected chi connectivity index (χ0v) is 22.9. The maximum atomic E-state index is 13.3. The topological polar surface area (TPSA) is 155 Å². The smallest absolute Gasteiger partial charge is 0.475 e. The number of aromatic nitrogens is 3. The van der Waals surface area contributed by atoms with Gasteiger partial charge in [-0.25, -0.2) is 14.0 Å². The molecule has 3 heterocycles. The first kappa shape index (κ1) is 35.4. The lowest BCUT2D eigenvalue weighted by atomic mass is 9.96. The van der Waals surface area contributed by atoms with Crippen LogP contribution < -0.4 is 5.73 Å². The molecule has 0 radical (unpaired) electrons. The monoisotopic (exact) mass is 628 g/mol. The van der Waals surface area contributed by atoms with Crippen molar-refractivity contribution in [2.24, 2.45) is 11.7 Å². The van der Waals surface area contributed by atoms with Crippen molar-refractivity contribution in [1.29, 1.82) is 0 Å². The molecular weight excluding hydrogens is 597 g/mol. The Kier molecular flexibility index (Phi) is 12.4. The molecule has 1 aromatic carbocycles. The second-order valence-corrected chi connectivity index (χ2v) is 10.0. The van der Waals surface area contributed by atoms with Crippen LogP contribution in [0.1, 0.15) is 40.9 Å². The number of carbonyl (C=O) groups excluding carboxylic acids is 1. The van der Waals surface area contributed by atoms with Gasteiger partial charge < -0.3 is 20.8 Å². The van der Waals surface area contributed by atoms with Gasteiger partial charge in [-0.2, -0.15) is 26.3 Å². The second-order valence-electron chi connectivity index (χ2n) is 10.0. The van der Waals surface area contributed by atoms with E-state index in [9.17, 15) is 35.5 Å². The number of aliphatic carboxylic acids is 2. The fraction of sp³-hybridized carbons (Fsp3) is 0.560. The number of nitrogens with zero attached hydrogens (tertiary/aromatic N) is 5. The van der Waals surface area contributed by atoms with Crippen molar-refractivity contribution in [3.63, 3.8) is 0 Å². The van der Waals surface area contributed by atoms with E-state index in [1.165, 1.54) is 12.1 Å². The first-order valence-electron chi connectivity index (χ1n) is 12.9. The molecule has 2 saturated heterocycles. The van der Waals surface area contributed by atoms with Crippen LogP contribution >= 0.6 is 0 Å². The van der Waals surface area contributed by atoms with Gasteiger partial charge in [0.15, 0.2) is 0 Å². The van der Waals surface area contributed by atoms with Gasteiger partial charge in [-0.3, -0.25) is 14.4 Å². The number of nitrogens with two attached hydrogens (primary N) is 1. The zero-order valence-electron chi connectivity index (χ0n) is 22.9. The molecule has 1 atom stereocenters. The van der Waals surface area contributed by atoms with E-state index in [0.29, 0.717) is 30.1 Å². The van der Waals surface area contributed by atoms with Crippen molar-refractivity contribution >= 4 is 17.8 Å². The van der Waals surface area contributed by atoms with Crippen LogP contribution in [0.3, 0.4) is 0 Å². The molecule has 18 heteroatoms. The molecule has 2 aliphatic heterocycles. The Hall–Kier alpha value is -3.80. The summed E-state index contributed by atoms with van der Waals surface area (Å²) in [4.78, 5) is 34.7. The summed E-state index contributed by atoms with van der Waals surface area (Å²) >= 11 is 0. The van der Waals surface area contributed by atoms with Gasteiger partial charge in [0.25, 0.3) is 5.91 Å². The Labute approximate surface area is 241 Å². The van der Waals surface area contributed by atoms with Crippen LogP contribution in [0.15, 0.2) is 24.4 Å². The minimum atomic E-state index is -5.08. The van der Waals surface area contributed by atoms with Gasteiger partial charge in [-0.1, -0.05) is 5.21 Å².